The van der Waals surface area contributed by atoms with Crippen molar-refractivity contribution < 1.29 is 27.8 Å². The Bertz CT molecular complexity index is 1300. The lowest BCUT2D eigenvalue weighted by Gasteiger charge is -2.14. The highest BCUT2D eigenvalue weighted by atomic mass is 79.9. The third-order valence-electron chi connectivity index (χ3n) is 5.08. The number of urea groups is 1. The number of rotatable bonds is 7. The van der Waals surface area contributed by atoms with Gasteiger partial charge in [0, 0.05) is 5.56 Å². The number of amides is 3. The summed E-state index contributed by atoms with van der Waals surface area (Å²) in [7, 11) is 1.46. The molecule has 1 aliphatic heterocycles. The van der Waals surface area contributed by atoms with Crippen molar-refractivity contribution in [3.63, 3.8) is 0 Å². The van der Waals surface area contributed by atoms with Crippen molar-refractivity contribution in [2.45, 2.75) is 13.2 Å². The van der Waals surface area contributed by atoms with Crippen LogP contribution in [-0.4, -0.2) is 23.9 Å². The number of nitrogens with one attached hydrogen (secondary N) is 1. The predicted octanol–water partition coefficient (Wildman–Crippen LogP) is 5.41. The van der Waals surface area contributed by atoms with Gasteiger partial charge in [-0.05, 0) is 63.5 Å². The number of ether oxygens (including phenoxy) is 2. The maximum Gasteiger partial charge on any atom is 0.329 e. The molecule has 0 unspecified atom stereocenters. The molecular weight excluding hydrogens is 510 g/mol. The van der Waals surface area contributed by atoms with Gasteiger partial charge in [-0.3, -0.25) is 9.69 Å². The molecule has 34 heavy (non-hydrogen) atoms. The van der Waals surface area contributed by atoms with Gasteiger partial charge in [-0.1, -0.05) is 30.3 Å². The van der Waals surface area contributed by atoms with Gasteiger partial charge in [-0.2, -0.15) is 0 Å². The van der Waals surface area contributed by atoms with Crippen molar-refractivity contribution in [1.29, 1.82) is 0 Å². The maximum atomic E-state index is 14.0. The van der Waals surface area contributed by atoms with Crippen LogP contribution in [0.15, 0.2) is 70.8 Å². The molecule has 0 radical (unpaired) electrons. The summed E-state index contributed by atoms with van der Waals surface area (Å²) in [6.45, 7) is -0.0682. The van der Waals surface area contributed by atoms with Gasteiger partial charge in [-0.25, -0.2) is 13.6 Å². The van der Waals surface area contributed by atoms with Crippen molar-refractivity contribution in [3.05, 3.63) is 99.2 Å². The fourth-order valence-electron chi connectivity index (χ4n) is 3.42. The summed E-state index contributed by atoms with van der Waals surface area (Å²) in [5.74, 6) is -0.659. The lowest BCUT2D eigenvalue weighted by molar-refractivity contribution is -0.123. The summed E-state index contributed by atoms with van der Waals surface area (Å²) in [4.78, 5) is 26.1. The van der Waals surface area contributed by atoms with Crippen molar-refractivity contribution in [2.24, 2.45) is 0 Å². The summed E-state index contributed by atoms with van der Waals surface area (Å²) in [5.41, 5.74) is 1.48. The highest BCUT2D eigenvalue weighted by Crippen LogP contribution is 2.38. The Balaban J connectivity index is 1.54. The second-order valence-electron chi connectivity index (χ2n) is 7.42. The van der Waals surface area contributed by atoms with Crippen LogP contribution < -0.4 is 14.8 Å². The summed E-state index contributed by atoms with van der Waals surface area (Å²) in [6, 6.07) is 14.7. The van der Waals surface area contributed by atoms with Crippen molar-refractivity contribution in [1.82, 2.24) is 10.2 Å². The minimum Gasteiger partial charge on any atom is -0.493 e. The Morgan fingerprint density at radius 3 is 2.59 bits per heavy atom. The van der Waals surface area contributed by atoms with Crippen LogP contribution in [0.4, 0.5) is 13.6 Å². The third kappa shape index (κ3) is 5.09. The third-order valence-corrected chi connectivity index (χ3v) is 5.67. The first-order valence-electron chi connectivity index (χ1n) is 10.2. The molecule has 1 saturated heterocycles. The zero-order valence-corrected chi connectivity index (χ0v) is 19.6. The van der Waals surface area contributed by atoms with E-state index in [2.05, 4.69) is 21.2 Å². The smallest absolute Gasteiger partial charge is 0.329 e. The van der Waals surface area contributed by atoms with E-state index < -0.39 is 17.8 Å². The molecule has 4 rings (SSSR count). The van der Waals surface area contributed by atoms with Crippen LogP contribution in [0.25, 0.3) is 6.08 Å². The summed E-state index contributed by atoms with van der Waals surface area (Å²) >= 11 is 3.43. The highest BCUT2D eigenvalue weighted by molar-refractivity contribution is 9.10. The van der Waals surface area contributed by atoms with E-state index in [4.69, 9.17) is 9.47 Å². The molecule has 1 fully saturated rings. The number of carbonyl (C=O) groups excluding carboxylic acids is 2. The van der Waals surface area contributed by atoms with E-state index >= 15 is 0 Å². The van der Waals surface area contributed by atoms with E-state index in [1.807, 2.05) is 0 Å². The Morgan fingerprint density at radius 2 is 1.85 bits per heavy atom. The second-order valence-corrected chi connectivity index (χ2v) is 8.28. The van der Waals surface area contributed by atoms with Crippen LogP contribution in [0, 0.1) is 11.6 Å². The van der Waals surface area contributed by atoms with E-state index in [1.165, 1.54) is 43.5 Å². The molecule has 0 aliphatic carbocycles. The molecule has 6 nitrogen and oxygen atoms in total. The fraction of sp³-hybridized carbons (Fsp3) is 0.120. The molecule has 0 aromatic heterocycles. The Morgan fingerprint density at radius 1 is 1.06 bits per heavy atom. The molecule has 0 spiro atoms. The standard InChI is InChI=1S/C25H19BrF2N2O4/c1-33-22-12-16(10-19(26)23(22)34-14-15-5-4-7-18(27)9-15)11-21-24(31)30(25(32)29-21)13-17-6-2-3-8-20(17)28/h2-12H,13-14H2,1H3,(H,29,32)/b21-11+. The molecule has 1 aliphatic rings. The molecule has 174 valence electrons. The fourth-order valence-corrected chi connectivity index (χ4v) is 4.00. The first-order chi connectivity index (χ1) is 16.4. The summed E-state index contributed by atoms with van der Waals surface area (Å²) < 4.78 is 39.2. The maximum absolute atomic E-state index is 14.0. The molecule has 3 aromatic carbocycles. The Hall–Kier alpha value is -3.72. The Kier molecular flexibility index (Phi) is 6.93. The first-order valence-corrected chi connectivity index (χ1v) is 11.0. The van der Waals surface area contributed by atoms with Crippen LogP contribution in [0.5, 0.6) is 11.5 Å². The quantitative estimate of drug-likeness (QED) is 0.329. The topological polar surface area (TPSA) is 67.9 Å². The minimum absolute atomic E-state index is 0.0451. The number of carbonyl (C=O) groups is 2. The average molecular weight is 529 g/mol. The van der Waals surface area contributed by atoms with Gasteiger partial charge in [-0.15, -0.1) is 0 Å². The molecule has 1 N–H and O–H groups in total. The Labute approximate surface area is 202 Å². The van der Waals surface area contributed by atoms with E-state index in [1.54, 1.807) is 30.3 Å². The van der Waals surface area contributed by atoms with E-state index in [0.717, 1.165) is 4.90 Å². The molecule has 0 bridgehead atoms. The zero-order chi connectivity index (χ0) is 24.2. The van der Waals surface area contributed by atoms with E-state index in [-0.39, 0.29) is 30.2 Å². The second kappa shape index (κ2) is 10.0. The number of nitrogens with zero attached hydrogens (tertiary/aromatic N) is 1. The monoisotopic (exact) mass is 528 g/mol. The van der Waals surface area contributed by atoms with Crippen molar-refractivity contribution in [2.75, 3.05) is 7.11 Å². The minimum atomic E-state index is -0.638. The lowest BCUT2D eigenvalue weighted by atomic mass is 10.1. The molecular formula is C25H19BrF2N2O4. The lowest BCUT2D eigenvalue weighted by Crippen LogP contribution is -2.30. The number of halogens is 3. The molecule has 0 saturated carbocycles. The van der Waals surface area contributed by atoms with Gasteiger partial charge in [0.1, 0.15) is 23.9 Å². The van der Waals surface area contributed by atoms with E-state index in [9.17, 15) is 18.4 Å². The normalized spacial score (nSPS) is 14.5. The predicted molar refractivity (Wildman–Crippen MR) is 125 cm³/mol. The molecule has 0 atom stereocenters. The summed E-state index contributed by atoms with van der Waals surface area (Å²) in [6.07, 6.45) is 1.49. The van der Waals surface area contributed by atoms with Crippen molar-refractivity contribution >= 4 is 33.9 Å². The van der Waals surface area contributed by atoms with Crippen LogP contribution in [0.1, 0.15) is 16.7 Å². The van der Waals surface area contributed by atoms with E-state index in [0.29, 0.717) is 27.1 Å². The molecule has 9 heteroatoms. The molecule has 3 amide bonds. The van der Waals surface area contributed by atoms with Gasteiger partial charge in [0.15, 0.2) is 11.5 Å². The first kappa shape index (κ1) is 23.4. The summed E-state index contributed by atoms with van der Waals surface area (Å²) in [5, 5.41) is 2.52. The number of hydrogen-bond donors (Lipinski definition) is 1. The zero-order valence-electron chi connectivity index (χ0n) is 18.0. The van der Waals surface area contributed by atoms with Crippen LogP contribution in [-0.2, 0) is 17.9 Å². The number of methoxy groups -OCH3 is 1. The van der Waals surface area contributed by atoms with Crippen LogP contribution >= 0.6 is 15.9 Å². The van der Waals surface area contributed by atoms with Gasteiger partial charge in [0.2, 0.25) is 0 Å². The van der Waals surface area contributed by atoms with Crippen LogP contribution in [0.3, 0.4) is 0 Å². The molecule has 3 aromatic rings. The van der Waals surface area contributed by atoms with Gasteiger partial charge >= 0.3 is 6.03 Å². The number of benzene rings is 3. The number of hydrogen-bond acceptors (Lipinski definition) is 4. The number of imide groups is 1. The van der Waals surface area contributed by atoms with Crippen molar-refractivity contribution in [3.8, 4) is 11.5 Å². The van der Waals surface area contributed by atoms with Gasteiger partial charge in [0.25, 0.3) is 5.91 Å². The average Bonchev–Trinajstić information content (AvgIpc) is 3.06. The van der Waals surface area contributed by atoms with Crippen LogP contribution in [0.2, 0.25) is 0 Å². The van der Waals surface area contributed by atoms with Gasteiger partial charge in [0.05, 0.1) is 18.1 Å². The highest BCUT2D eigenvalue weighted by Gasteiger charge is 2.34. The largest absolute Gasteiger partial charge is 0.493 e. The SMILES string of the molecule is COc1cc(/C=C2/NC(=O)N(Cc3ccccc3F)C2=O)cc(Br)c1OCc1cccc(F)c1. The molecule has 1 heterocycles. The van der Waals surface area contributed by atoms with Gasteiger partial charge < -0.3 is 14.8 Å².